The van der Waals surface area contributed by atoms with Gasteiger partial charge in [-0.1, -0.05) is 11.6 Å². The zero-order valence-electron chi connectivity index (χ0n) is 6.88. The van der Waals surface area contributed by atoms with Crippen molar-refractivity contribution >= 4 is 11.6 Å². The Bertz CT molecular complexity index is 116. The molecule has 1 saturated heterocycles. The van der Waals surface area contributed by atoms with Gasteiger partial charge in [0.1, 0.15) is 18.3 Å². The first-order chi connectivity index (χ1) is 4.63. The van der Waals surface area contributed by atoms with Crippen LogP contribution in [0.4, 0.5) is 0 Å². The van der Waals surface area contributed by atoms with Gasteiger partial charge in [-0.25, -0.2) is 0 Å². The molecule has 1 heterocycles. The van der Waals surface area contributed by atoms with E-state index in [1.54, 1.807) is 0 Å². The van der Waals surface area contributed by atoms with E-state index < -0.39 is 23.9 Å². The molecule has 8 heteroatoms. The third-order valence-electron chi connectivity index (χ3n) is 1.44. The molecule has 69 valence electrons. The van der Waals surface area contributed by atoms with Crippen molar-refractivity contribution in [2.75, 3.05) is 6.61 Å². The van der Waals surface area contributed by atoms with Gasteiger partial charge in [-0.05, 0) is 0 Å². The fourth-order valence-corrected chi connectivity index (χ4v) is 0.992. The third-order valence-corrected chi connectivity index (χ3v) is 1.82. The van der Waals surface area contributed by atoms with E-state index in [9.17, 15) is 0 Å². The van der Waals surface area contributed by atoms with Gasteiger partial charge < -0.3 is 20.1 Å². The molecule has 0 aromatic heterocycles. The maximum Gasteiger partial charge on any atom is 0.159 e. The van der Waals surface area contributed by atoms with Crippen LogP contribution in [0.15, 0.2) is 0 Å². The van der Waals surface area contributed by atoms with Crippen LogP contribution >= 0.6 is 11.6 Å². The van der Waals surface area contributed by atoms with Crippen molar-refractivity contribution in [2.24, 2.45) is 0 Å². The molecule has 0 bridgehead atoms. The van der Waals surface area contributed by atoms with Crippen molar-refractivity contribution in [1.82, 2.24) is 0 Å². The van der Waals surface area contributed by atoms with E-state index in [1.807, 2.05) is 0 Å². The number of ether oxygens (including phenoxy) is 1. The Labute approximate surface area is 189 Å². The molecule has 1 aliphatic rings. The van der Waals surface area contributed by atoms with Crippen molar-refractivity contribution in [1.29, 1.82) is 0 Å². The maximum atomic E-state index is 8.95. The molecule has 0 aromatic carbocycles. The van der Waals surface area contributed by atoms with Gasteiger partial charge in [0.15, 0.2) is 5.56 Å². The average Bonchev–Trinajstić information content (AvgIpc) is 1.93. The van der Waals surface area contributed by atoms with Gasteiger partial charge in [0.25, 0.3) is 0 Å². The Morgan fingerprint density at radius 1 is 1.00 bits per heavy atom. The summed E-state index contributed by atoms with van der Waals surface area (Å²) >= 11 is 5.38. The van der Waals surface area contributed by atoms with Crippen LogP contribution in [-0.4, -0.2) is 45.8 Å². The van der Waals surface area contributed by atoms with E-state index in [0.717, 1.165) is 0 Å². The summed E-state index contributed by atoms with van der Waals surface area (Å²) in [5.41, 5.74) is -0.918. The van der Waals surface area contributed by atoms with Crippen LogP contribution in [0.1, 0.15) is 0 Å². The molecule has 1 rings (SSSR count). The number of alkyl halides is 1. The van der Waals surface area contributed by atoms with Gasteiger partial charge in [-0.15, -0.1) is 0 Å². The fraction of sp³-hybridized carbons (Fsp3) is 1.00. The number of hydrogen-bond acceptors (Lipinski definition) is 4. The first kappa shape index (κ1) is 22.6. The zero-order chi connectivity index (χ0) is 7.72. The quantitative estimate of drug-likeness (QED) is 0.265. The molecule has 3 N–H and O–H groups in total. The molecule has 13 heavy (non-hydrogen) atoms. The summed E-state index contributed by atoms with van der Waals surface area (Å²) in [6, 6.07) is 0. The molecule has 0 aliphatic carbocycles. The second kappa shape index (κ2) is 11.5. The standard InChI is InChI=1S/C5H9ClO4.3Ac/c6-5-4(9)3(8)2(7)1-10-5;;;/h2-5,7-9H,1H2;;;. The summed E-state index contributed by atoms with van der Waals surface area (Å²) in [6.45, 7) is -0.0353. The molecule has 3 radical (unpaired) electrons. The summed E-state index contributed by atoms with van der Waals surface area (Å²) in [5.74, 6) is 0. The van der Waals surface area contributed by atoms with Crippen LogP contribution in [0.25, 0.3) is 0 Å². The van der Waals surface area contributed by atoms with Crippen LogP contribution < -0.4 is 0 Å². The Morgan fingerprint density at radius 3 is 1.85 bits per heavy atom. The second-order valence-corrected chi connectivity index (χ2v) is 2.66. The van der Waals surface area contributed by atoms with Crippen molar-refractivity contribution in [2.45, 2.75) is 23.9 Å². The van der Waals surface area contributed by atoms with E-state index in [1.165, 1.54) is 0 Å². The first-order valence-electron chi connectivity index (χ1n) is 2.93. The maximum absolute atomic E-state index is 8.95. The monoisotopic (exact) mass is 849 g/mol. The van der Waals surface area contributed by atoms with E-state index in [4.69, 9.17) is 26.9 Å². The predicted molar refractivity (Wildman–Crippen MR) is 33.6 cm³/mol. The minimum atomic E-state index is -1.20. The number of aliphatic hydroxyl groups is 3. The van der Waals surface area contributed by atoms with Crippen LogP contribution in [0.3, 0.4) is 0 Å². The molecule has 0 amide bonds. The van der Waals surface area contributed by atoms with E-state index in [0.29, 0.717) is 0 Å². The second-order valence-electron chi connectivity index (χ2n) is 2.23. The zero-order valence-corrected chi connectivity index (χ0v) is 21.9. The Hall–Kier alpha value is 4.45. The van der Waals surface area contributed by atoms with Gasteiger partial charge in [-0.3, -0.25) is 0 Å². The molecule has 4 atom stereocenters. The van der Waals surface area contributed by atoms with E-state index in [2.05, 4.69) is 4.74 Å². The Kier molecular flexibility index (Phi) is 20.1. The average molecular weight is 850 g/mol. The van der Waals surface area contributed by atoms with Gasteiger partial charge in [0.2, 0.25) is 0 Å². The molecule has 4 unspecified atom stereocenters. The largest absolute Gasteiger partial charge is 0.388 e. The summed E-state index contributed by atoms with van der Waals surface area (Å²) in [5, 5.41) is 26.8. The van der Waals surface area contributed by atoms with Crippen LogP contribution in [0.2, 0.25) is 0 Å². The van der Waals surface area contributed by atoms with Gasteiger partial charge in [0, 0.05) is 132 Å². The molecule has 4 nitrogen and oxygen atoms in total. The van der Waals surface area contributed by atoms with Gasteiger partial charge >= 0.3 is 0 Å². The van der Waals surface area contributed by atoms with Crippen LogP contribution in [-0.2, 0) is 4.74 Å². The van der Waals surface area contributed by atoms with E-state index in [-0.39, 0.29) is 139 Å². The normalized spacial score (nSPS) is 37.8. The van der Waals surface area contributed by atoms with Crippen molar-refractivity contribution in [3.05, 3.63) is 0 Å². The topological polar surface area (TPSA) is 69.9 Å². The molecule has 1 fully saturated rings. The van der Waals surface area contributed by atoms with Crippen LogP contribution in [0, 0.1) is 132 Å². The Morgan fingerprint density at radius 2 is 1.46 bits per heavy atom. The van der Waals surface area contributed by atoms with Crippen molar-refractivity contribution in [3.63, 3.8) is 0 Å². The van der Waals surface area contributed by atoms with Crippen LogP contribution in [0.5, 0.6) is 0 Å². The SMILES string of the molecule is OC1COC(Cl)C(O)C1O.[Ac].[Ac].[Ac]. The summed E-state index contributed by atoms with van der Waals surface area (Å²) in [7, 11) is 0. The van der Waals surface area contributed by atoms with Gasteiger partial charge in [-0.2, -0.15) is 0 Å². The molecular formula is C5H9Ac3ClO4. The predicted octanol–water partition coefficient (Wildman–Crippen LogP) is -1.34. The van der Waals surface area contributed by atoms with Crippen molar-refractivity contribution < 1.29 is 152 Å². The van der Waals surface area contributed by atoms with Crippen molar-refractivity contribution in [3.8, 4) is 0 Å². The number of halogens is 1. The third kappa shape index (κ3) is 7.47. The Balaban J connectivity index is -0.000000333. The smallest absolute Gasteiger partial charge is 0.159 e. The molecule has 1 aliphatic heterocycles. The minimum Gasteiger partial charge on any atom is -0.388 e. The molecule has 0 spiro atoms. The molecule has 0 aromatic rings. The molecule has 0 saturated carbocycles. The molecular weight excluding hydrogens is 841 g/mol. The first-order valence-corrected chi connectivity index (χ1v) is 3.36. The summed E-state index contributed by atoms with van der Waals surface area (Å²) in [6.07, 6.45) is -3.44. The minimum absolute atomic E-state index is 0. The van der Waals surface area contributed by atoms with Gasteiger partial charge in [0.05, 0.1) is 6.61 Å². The number of rotatable bonds is 0. The summed E-state index contributed by atoms with van der Waals surface area (Å²) in [4.78, 5) is 0. The number of aliphatic hydroxyl groups excluding tert-OH is 3. The van der Waals surface area contributed by atoms with E-state index >= 15 is 0 Å². The number of hydrogen-bond donors (Lipinski definition) is 3. The fourth-order valence-electron chi connectivity index (χ4n) is 0.770. The summed E-state index contributed by atoms with van der Waals surface area (Å²) < 4.78 is 4.68.